The Morgan fingerprint density at radius 1 is 1.31 bits per heavy atom. The molecule has 1 aliphatic rings. The molecule has 1 fully saturated rings. The largest absolute Gasteiger partial charge is 0.373 e. The van der Waals surface area contributed by atoms with Gasteiger partial charge in [-0.2, -0.15) is 4.31 Å². The maximum atomic E-state index is 12.5. The number of thiophene rings is 1. The van der Waals surface area contributed by atoms with Crippen LogP contribution < -0.4 is 10.6 Å². The number of nitrogens with zero attached hydrogens (tertiary/aromatic N) is 2. The van der Waals surface area contributed by atoms with Gasteiger partial charge >= 0.3 is 0 Å². The first-order valence-electron chi connectivity index (χ1n) is 8.51. The van der Waals surface area contributed by atoms with E-state index < -0.39 is 10.0 Å². The molecule has 7 nitrogen and oxygen atoms in total. The Bertz CT molecular complexity index is 642. The van der Waals surface area contributed by atoms with Crippen molar-refractivity contribution >= 4 is 51.3 Å². The normalized spacial score (nSPS) is 21.9. The Kier molecular flexibility index (Phi) is 10.4. The third kappa shape index (κ3) is 7.67. The van der Waals surface area contributed by atoms with Gasteiger partial charge in [-0.15, -0.1) is 35.3 Å². The Morgan fingerprint density at radius 3 is 2.54 bits per heavy atom. The second-order valence-corrected chi connectivity index (χ2v) is 9.27. The first-order valence-corrected chi connectivity index (χ1v) is 11.0. The van der Waals surface area contributed by atoms with Crippen molar-refractivity contribution in [2.75, 3.05) is 39.0 Å². The number of nitrogens with one attached hydrogen (secondary N) is 2. The molecule has 1 saturated heterocycles. The minimum absolute atomic E-state index is 0. The molecule has 1 aliphatic heterocycles. The van der Waals surface area contributed by atoms with Crippen LogP contribution >= 0.6 is 35.3 Å². The molecule has 2 N–H and O–H groups in total. The molecule has 0 radical (unpaired) electrons. The summed E-state index contributed by atoms with van der Waals surface area (Å²) in [7, 11) is -1.62. The Balaban J connectivity index is 0.00000338. The van der Waals surface area contributed by atoms with Gasteiger partial charge in [0.25, 0.3) is 0 Å². The van der Waals surface area contributed by atoms with Gasteiger partial charge < -0.3 is 15.4 Å². The van der Waals surface area contributed by atoms with Gasteiger partial charge in [0.15, 0.2) is 5.96 Å². The van der Waals surface area contributed by atoms with Gasteiger partial charge in [-0.25, -0.2) is 8.42 Å². The highest BCUT2D eigenvalue weighted by atomic mass is 127. The fourth-order valence-electron chi connectivity index (χ4n) is 2.76. The van der Waals surface area contributed by atoms with E-state index in [-0.39, 0.29) is 41.9 Å². The molecule has 2 atom stereocenters. The first-order chi connectivity index (χ1) is 11.9. The lowest BCUT2D eigenvalue weighted by Gasteiger charge is -2.34. The van der Waals surface area contributed by atoms with Gasteiger partial charge in [0, 0.05) is 38.1 Å². The highest BCUT2D eigenvalue weighted by molar-refractivity contribution is 14.0. The molecule has 26 heavy (non-hydrogen) atoms. The van der Waals surface area contributed by atoms with Crippen LogP contribution in [0.3, 0.4) is 0 Å². The van der Waals surface area contributed by atoms with E-state index in [1.54, 1.807) is 18.4 Å². The second kappa shape index (κ2) is 11.4. The number of hydrogen-bond acceptors (Lipinski definition) is 5. The van der Waals surface area contributed by atoms with Crippen molar-refractivity contribution in [3.8, 4) is 0 Å². The minimum Gasteiger partial charge on any atom is -0.373 e. The maximum absolute atomic E-state index is 12.5. The molecule has 0 amide bonds. The van der Waals surface area contributed by atoms with Crippen molar-refractivity contribution in [1.29, 1.82) is 0 Å². The number of ether oxygens (including phenoxy) is 1. The second-order valence-electron chi connectivity index (χ2n) is 6.15. The fraction of sp³-hybridized carbons (Fsp3) is 0.688. The molecule has 0 aliphatic carbocycles. The number of halogens is 1. The smallest absolute Gasteiger partial charge is 0.216 e. The average Bonchev–Trinajstić information content (AvgIpc) is 3.05. The minimum atomic E-state index is -3.30. The van der Waals surface area contributed by atoms with Gasteiger partial charge in [-0.3, -0.25) is 4.99 Å². The molecular formula is C16H29IN4O3S2. The Labute approximate surface area is 177 Å². The van der Waals surface area contributed by atoms with Crippen LogP contribution in [0.5, 0.6) is 0 Å². The predicted octanol–water partition coefficient (Wildman–Crippen LogP) is 1.51. The average molecular weight is 516 g/mol. The van der Waals surface area contributed by atoms with Crippen LogP contribution in [0.1, 0.15) is 18.7 Å². The summed E-state index contributed by atoms with van der Waals surface area (Å²) in [6.45, 7) is 5.71. The molecule has 150 valence electrons. The third-order valence-electron chi connectivity index (χ3n) is 3.90. The summed E-state index contributed by atoms with van der Waals surface area (Å²) in [6, 6.07) is 4.13. The van der Waals surface area contributed by atoms with Crippen molar-refractivity contribution in [2.45, 2.75) is 32.5 Å². The van der Waals surface area contributed by atoms with E-state index in [0.717, 1.165) is 13.0 Å². The molecular weight excluding hydrogens is 487 g/mol. The van der Waals surface area contributed by atoms with E-state index in [1.165, 1.54) is 9.18 Å². The van der Waals surface area contributed by atoms with Crippen molar-refractivity contribution < 1.29 is 13.2 Å². The van der Waals surface area contributed by atoms with Gasteiger partial charge in [0.2, 0.25) is 10.0 Å². The van der Waals surface area contributed by atoms with Crippen molar-refractivity contribution in [2.24, 2.45) is 4.99 Å². The summed E-state index contributed by atoms with van der Waals surface area (Å²) in [5, 5.41) is 8.33. The van der Waals surface area contributed by atoms with Gasteiger partial charge in [-0.05, 0) is 31.7 Å². The van der Waals surface area contributed by atoms with E-state index >= 15 is 0 Å². The predicted molar refractivity (Wildman–Crippen MR) is 118 cm³/mol. The standard InChI is InChI=1S/C16H28N4O3S2.HI/c1-13-11-20(12-14(2)23-13)25(21,22)10-8-19-16(17-3)18-7-6-15-5-4-9-24-15;/h4-5,9,13-14H,6-8,10-12H2,1-3H3,(H2,17,18,19);1H. The van der Waals surface area contributed by atoms with Crippen molar-refractivity contribution in [3.63, 3.8) is 0 Å². The van der Waals surface area contributed by atoms with E-state index in [1.807, 2.05) is 19.9 Å². The topological polar surface area (TPSA) is 83.0 Å². The summed E-state index contributed by atoms with van der Waals surface area (Å²) in [6.07, 6.45) is 0.775. The molecule has 2 rings (SSSR count). The first kappa shape index (κ1) is 23.6. The lowest BCUT2D eigenvalue weighted by Crippen LogP contribution is -2.50. The van der Waals surface area contributed by atoms with Crippen LogP contribution in [0.15, 0.2) is 22.5 Å². The van der Waals surface area contributed by atoms with E-state index in [9.17, 15) is 8.42 Å². The number of rotatable bonds is 7. The van der Waals surface area contributed by atoms with E-state index in [4.69, 9.17) is 4.74 Å². The molecule has 0 spiro atoms. The maximum Gasteiger partial charge on any atom is 0.216 e. The van der Waals surface area contributed by atoms with Crippen LogP contribution in [-0.2, 0) is 21.2 Å². The Hall–Kier alpha value is -0.430. The SMILES string of the molecule is CN=C(NCCc1cccs1)NCCS(=O)(=O)N1CC(C)OC(C)C1.I. The zero-order valence-electron chi connectivity index (χ0n) is 15.5. The van der Waals surface area contributed by atoms with E-state index in [0.29, 0.717) is 25.6 Å². The van der Waals surface area contributed by atoms with Crippen molar-refractivity contribution in [3.05, 3.63) is 22.4 Å². The highest BCUT2D eigenvalue weighted by Gasteiger charge is 2.30. The number of sulfonamides is 1. The molecule has 1 aromatic rings. The van der Waals surface area contributed by atoms with E-state index in [2.05, 4.69) is 27.1 Å². The summed E-state index contributed by atoms with van der Waals surface area (Å²) in [5.74, 6) is 0.661. The van der Waals surface area contributed by atoms with Crippen LogP contribution in [0.25, 0.3) is 0 Å². The van der Waals surface area contributed by atoms with Gasteiger partial charge in [0.05, 0.1) is 18.0 Å². The molecule has 2 unspecified atom stereocenters. The third-order valence-corrected chi connectivity index (χ3v) is 6.64. The monoisotopic (exact) mass is 516 g/mol. The molecule has 0 bridgehead atoms. The number of aliphatic imine (C=N–C) groups is 1. The molecule has 2 heterocycles. The van der Waals surface area contributed by atoms with Gasteiger partial charge in [0.1, 0.15) is 0 Å². The number of morpholine rings is 1. The highest BCUT2D eigenvalue weighted by Crippen LogP contribution is 2.14. The van der Waals surface area contributed by atoms with Crippen LogP contribution in [-0.4, -0.2) is 69.9 Å². The summed E-state index contributed by atoms with van der Waals surface area (Å²) in [4.78, 5) is 5.44. The summed E-state index contributed by atoms with van der Waals surface area (Å²) >= 11 is 1.72. The Morgan fingerprint density at radius 2 is 1.96 bits per heavy atom. The van der Waals surface area contributed by atoms with Gasteiger partial charge in [-0.1, -0.05) is 6.07 Å². The number of hydrogen-bond donors (Lipinski definition) is 2. The fourth-order valence-corrected chi connectivity index (χ4v) is 4.97. The molecule has 1 aromatic heterocycles. The molecule has 0 saturated carbocycles. The van der Waals surface area contributed by atoms with Crippen LogP contribution in [0.4, 0.5) is 0 Å². The number of guanidine groups is 1. The lowest BCUT2D eigenvalue weighted by molar-refractivity contribution is -0.0440. The zero-order valence-corrected chi connectivity index (χ0v) is 19.4. The van der Waals surface area contributed by atoms with Crippen LogP contribution in [0, 0.1) is 0 Å². The zero-order chi connectivity index (χ0) is 18.3. The lowest BCUT2D eigenvalue weighted by atomic mass is 10.3. The summed E-state index contributed by atoms with van der Waals surface area (Å²) < 4.78 is 32.1. The quantitative estimate of drug-likeness (QED) is 0.326. The van der Waals surface area contributed by atoms with Crippen molar-refractivity contribution in [1.82, 2.24) is 14.9 Å². The van der Waals surface area contributed by atoms with Crippen LogP contribution in [0.2, 0.25) is 0 Å². The molecule has 10 heteroatoms. The summed E-state index contributed by atoms with van der Waals surface area (Å²) in [5.41, 5.74) is 0. The molecule has 0 aromatic carbocycles.